The number of aromatic nitrogens is 2. The number of allylic oxidation sites excluding steroid dienone is 2. The minimum atomic E-state index is -2.29. The number of carbonyl (C=O) groups excluding carboxylic acids is 1. The number of ketones is 1. The summed E-state index contributed by atoms with van der Waals surface area (Å²) in [5.41, 5.74) is 4.33. The molecule has 5 aromatic rings. The van der Waals surface area contributed by atoms with E-state index < -0.39 is 13.3 Å². The van der Waals surface area contributed by atoms with E-state index in [9.17, 15) is 9.90 Å². The summed E-state index contributed by atoms with van der Waals surface area (Å²) in [6.45, 7) is 22.0. The SMILES string of the molecule is CCC(CC)C(=O)/C=C(\O)C(CC)CC.[2H]c1nc(-c2[c-]c3ccccc3[c]([Ge]([CH2]C)([CH2]C)[CH2]C)c2)c2sc3cc(CC(C)(C)C)ccc3c2n1.[Ir]. The van der Waals surface area contributed by atoms with Crippen LogP contribution in [-0.2, 0) is 31.3 Å². The molecule has 0 aliphatic carbocycles. The molecule has 2 aromatic heterocycles. The summed E-state index contributed by atoms with van der Waals surface area (Å²) < 4.78 is 12.3. The molecule has 277 valence electrons. The number of aliphatic hydroxyl groups is 1. The number of aliphatic hydroxyl groups excluding tert-OH is 1. The van der Waals surface area contributed by atoms with Gasteiger partial charge in [0.15, 0.2) is 5.78 Å². The van der Waals surface area contributed by atoms with Crippen molar-refractivity contribution >= 4 is 65.9 Å². The second-order valence-corrected chi connectivity index (χ2v) is 27.0. The first-order valence-electron chi connectivity index (χ1n) is 19.4. The van der Waals surface area contributed by atoms with Gasteiger partial charge in [0.25, 0.3) is 0 Å². The first kappa shape index (κ1) is 41.4. The molecule has 0 aliphatic heterocycles. The Labute approximate surface area is 329 Å². The molecule has 1 radical (unpaired) electrons. The van der Waals surface area contributed by atoms with E-state index in [0.29, 0.717) is 0 Å². The van der Waals surface area contributed by atoms with Crippen LogP contribution in [0.5, 0.6) is 0 Å². The third-order valence-electron chi connectivity index (χ3n) is 10.7. The van der Waals surface area contributed by atoms with Gasteiger partial charge < -0.3 is 5.11 Å². The normalized spacial score (nSPS) is 12.7. The minimum absolute atomic E-state index is 0. The molecule has 7 heteroatoms. The summed E-state index contributed by atoms with van der Waals surface area (Å²) in [5, 5.41) is 17.2. The van der Waals surface area contributed by atoms with Crippen LogP contribution in [0.4, 0.5) is 0 Å². The van der Waals surface area contributed by atoms with Crippen molar-refractivity contribution in [1.29, 1.82) is 0 Å². The number of thiophene rings is 1. The van der Waals surface area contributed by atoms with Gasteiger partial charge in [0.2, 0.25) is 0 Å². The van der Waals surface area contributed by atoms with Crippen molar-refractivity contribution in [2.24, 2.45) is 17.3 Å². The Morgan fingerprint density at radius 3 is 2.12 bits per heavy atom. The van der Waals surface area contributed by atoms with Crippen LogP contribution in [-0.4, -0.2) is 34.1 Å². The van der Waals surface area contributed by atoms with Crippen LogP contribution in [0.1, 0.15) is 102 Å². The van der Waals surface area contributed by atoms with E-state index in [1.807, 2.05) is 27.7 Å². The number of rotatable bonds is 13. The maximum atomic E-state index is 11.7. The molecule has 0 unspecified atom stereocenters. The Balaban J connectivity index is 0.000000389. The molecule has 0 saturated heterocycles. The van der Waals surface area contributed by atoms with Gasteiger partial charge in [0, 0.05) is 38.0 Å². The van der Waals surface area contributed by atoms with Crippen molar-refractivity contribution in [2.75, 3.05) is 0 Å². The predicted octanol–water partition coefficient (Wildman–Crippen LogP) is 12.6. The zero-order valence-corrected chi connectivity index (χ0v) is 37.8. The molecule has 0 saturated carbocycles. The van der Waals surface area contributed by atoms with Crippen LogP contribution in [0.25, 0.3) is 42.3 Å². The van der Waals surface area contributed by atoms with E-state index in [0.717, 1.165) is 64.4 Å². The molecule has 0 bridgehead atoms. The summed E-state index contributed by atoms with van der Waals surface area (Å²) in [5.74, 6) is 0.547. The molecule has 2 heterocycles. The van der Waals surface area contributed by atoms with E-state index in [4.69, 9.17) is 6.35 Å². The standard InChI is InChI=1S/C31H35GeN2S.C13H24O2.Ir/c1-7-32(8-2,9-3)26-18-23(17-22-12-10-11-13-24(22)26)28-30-29(34-20-33-28)25-15-14-21(16-27(25)35-30)19-31(4,5)6;1-5-10(6-2)12(14)9-13(15)11(7-3)8-4;/h10-16,18,20H,7-9,19H2,1-6H3;9-11,14H,5-8H2,1-4H3;/q-1;;/b;12-9-;/i20D;;. The molecule has 0 spiro atoms. The van der Waals surface area contributed by atoms with Gasteiger partial charge in [0.05, 0.1) is 5.76 Å². The van der Waals surface area contributed by atoms with Crippen LogP contribution >= 0.6 is 11.3 Å². The van der Waals surface area contributed by atoms with Crippen LogP contribution < -0.4 is 4.40 Å². The monoisotopic (exact) mass is 947 g/mol. The summed E-state index contributed by atoms with van der Waals surface area (Å²) in [6, 6.07) is 21.5. The Morgan fingerprint density at radius 1 is 0.902 bits per heavy atom. The Kier molecular flexibility index (Phi) is 15.5. The van der Waals surface area contributed by atoms with E-state index in [-0.39, 0.29) is 55.2 Å². The molecule has 4 nitrogen and oxygen atoms in total. The first-order chi connectivity index (χ1) is 24.3. The van der Waals surface area contributed by atoms with Gasteiger partial charge >= 0.3 is 218 Å². The second-order valence-electron chi connectivity index (χ2n) is 15.0. The van der Waals surface area contributed by atoms with Gasteiger partial charge in [0.1, 0.15) is 0 Å². The third kappa shape index (κ3) is 9.99. The molecule has 3 aromatic carbocycles. The van der Waals surface area contributed by atoms with E-state index >= 15 is 0 Å². The minimum Gasteiger partial charge on any atom is 0 e. The number of hydrogen-bond donors (Lipinski definition) is 1. The van der Waals surface area contributed by atoms with Crippen LogP contribution in [0.3, 0.4) is 0 Å². The molecule has 0 fully saturated rings. The molecule has 5 rings (SSSR count). The molecule has 0 amide bonds. The summed E-state index contributed by atoms with van der Waals surface area (Å²) in [6.07, 6.45) is 6.01. The van der Waals surface area contributed by atoms with Crippen molar-refractivity contribution in [1.82, 2.24) is 9.97 Å². The van der Waals surface area contributed by atoms with Crippen LogP contribution in [0.2, 0.25) is 15.8 Å². The fourth-order valence-corrected chi connectivity index (χ4v) is 16.7. The quantitative estimate of drug-likeness (QED) is 0.0553. The molecular weight excluding hydrogens is 885 g/mol. The maximum Gasteiger partial charge on any atom is 0 e. The predicted molar refractivity (Wildman–Crippen MR) is 221 cm³/mol. The second kappa shape index (κ2) is 19.1. The molecule has 0 aliphatic rings. The number of nitrogens with zero attached hydrogens (tertiary/aromatic N) is 2. The number of hydrogen-bond acceptors (Lipinski definition) is 5. The summed E-state index contributed by atoms with van der Waals surface area (Å²) in [7, 11) is 0. The van der Waals surface area contributed by atoms with Gasteiger partial charge in [-0.25, -0.2) is 0 Å². The smallest absolute Gasteiger partial charge is 0 e. The van der Waals surface area contributed by atoms with Gasteiger partial charge in [-0.15, -0.1) is 0 Å². The maximum absolute atomic E-state index is 11.7. The van der Waals surface area contributed by atoms with Crippen LogP contribution in [0.15, 0.2) is 66.7 Å². The average Bonchev–Trinajstić information content (AvgIpc) is 3.46. The molecule has 0 atom stereocenters. The van der Waals surface area contributed by atoms with E-state index in [1.165, 1.54) is 37.5 Å². The van der Waals surface area contributed by atoms with E-state index in [1.54, 1.807) is 15.7 Å². The molecule has 1 N–H and O–H groups in total. The zero-order chi connectivity index (χ0) is 37.5. The van der Waals surface area contributed by atoms with Crippen molar-refractivity contribution in [3.05, 3.63) is 78.3 Å². The first-order valence-corrected chi connectivity index (χ1v) is 25.2. The average molecular weight is 946 g/mol. The van der Waals surface area contributed by atoms with Gasteiger partial charge in [-0.1, -0.05) is 27.7 Å². The fraction of sp³-hybridized carbons (Fsp3) is 0.477. The molecular formula is C44H59GeIrN2O2S-. The number of fused-ring (bicyclic) bond motifs is 4. The van der Waals surface area contributed by atoms with Crippen molar-refractivity contribution in [2.45, 2.75) is 117 Å². The Hall–Kier alpha value is -2.38. The van der Waals surface area contributed by atoms with Crippen molar-refractivity contribution < 1.29 is 31.4 Å². The number of carbonyl (C=O) groups is 1. The van der Waals surface area contributed by atoms with Crippen molar-refractivity contribution in [3.63, 3.8) is 0 Å². The largest absolute Gasteiger partial charge is 0 e. The van der Waals surface area contributed by atoms with E-state index in [2.05, 4.69) is 101 Å². The topological polar surface area (TPSA) is 63.1 Å². The van der Waals surface area contributed by atoms with Crippen molar-refractivity contribution in [3.8, 4) is 11.3 Å². The van der Waals surface area contributed by atoms with Crippen LogP contribution in [0, 0.1) is 23.3 Å². The zero-order valence-electron chi connectivity index (χ0n) is 33.5. The van der Waals surface area contributed by atoms with Gasteiger partial charge in [-0.05, 0) is 25.7 Å². The Bertz CT molecular complexity index is 1980. The summed E-state index contributed by atoms with van der Waals surface area (Å²) >= 11 is -0.537. The fourth-order valence-electron chi connectivity index (χ4n) is 7.38. The Morgan fingerprint density at radius 2 is 1.53 bits per heavy atom. The third-order valence-corrected chi connectivity index (χ3v) is 23.6. The van der Waals surface area contributed by atoms with Gasteiger partial charge in [-0.3, -0.25) is 4.79 Å². The van der Waals surface area contributed by atoms with Gasteiger partial charge in [-0.2, -0.15) is 0 Å². The molecule has 51 heavy (non-hydrogen) atoms. The summed E-state index contributed by atoms with van der Waals surface area (Å²) in [4.78, 5) is 21.0. The number of benzene rings is 3.